The molecule has 0 saturated heterocycles. The highest BCUT2D eigenvalue weighted by Gasteiger charge is 2.37. The van der Waals surface area contributed by atoms with E-state index in [1.54, 1.807) is 0 Å². The van der Waals surface area contributed by atoms with E-state index in [4.69, 9.17) is 4.74 Å². The molecule has 3 nitrogen and oxygen atoms in total. The molecule has 0 aliphatic heterocycles. The lowest BCUT2D eigenvalue weighted by atomic mass is 9.63. The van der Waals surface area contributed by atoms with Crippen LogP contribution in [0.2, 0.25) is 0 Å². The summed E-state index contributed by atoms with van der Waals surface area (Å²) in [6, 6.07) is 8.18. The van der Waals surface area contributed by atoms with Crippen molar-refractivity contribution in [3.8, 4) is 5.75 Å². The highest BCUT2D eigenvalue weighted by molar-refractivity contribution is 5.69. The van der Waals surface area contributed by atoms with Crippen molar-refractivity contribution in [3.63, 3.8) is 0 Å². The van der Waals surface area contributed by atoms with Crippen LogP contribution < -0.4 is 4.74 Å². The zero-order valence-electron chi connectivity index (χ0n) is 15.6. The lowest BCUT2D eigenvalue weighted by Crippen LogP contribution is -2.33. The Bertz CT molecular complexity index is 537. The Labute approximate surface area is 152 Å². The van der Waals surface area contributed by atoms with Crippen LogP contribution in [0, 0.1) is 11.3 Å². The second-order valence-corrected chi connectivity index (χ2v) is 8.05. The van der Waals surface area contributed by atoms with Crippen molar-refractivity contribution in [2.45, 2.75) is 70.6 Å². The first-order valence-corrected chi connectivity index (χ1v) is 9.98. The van der Waals surface area contributed by atoms with Crippen LogP contribution in [0.25, 0.3) is 0 Å². The van der Waals surface area contributed by atoms with Gasteiger partial charge in [0, 0.05) is 6.42 Å². The number of hydrogen-bond donors (Lipinski definition) is 0. The molecule has 138 valence electrons. The highest BCUT2D eigenvalue weighted by Crippen LogP contribution is 2.49. The molecule has 0 radical (unpaired) electrons. The summed E-state index contributed by atoms with van der Waals surface area (Å²) >= 11 is 0. The molecule has 0 N–H and O–H groups in total. The summed E-state index contributed by atoms with van der Waals surface area (Å²) in [4.78, 5) is 11.2. The van der Waals surface area contributed by atoms with E-state index in [9.17, 15) is 4.79 Å². The van der Waals surface area contributed by atoms with Gasteiger partial charge >= 0.3 is 5.97 Å². The monoisotopic (exact) mass is 344 g/mol. The predicted molar refractivity (Wildman–Crippen MR) is 99.8 cm³/mol. The molecule has 0 amide bonds. The summed E-state index contributed by atoms with van der Waals surface area (Å²) in [6.45, 7) is 0.850. The van der Waals surface area contributed by atoms with E-state index >= 15 is 0 Å². The van der Waals surface area contributed by atoms with E-state index in [0.717, 1.165) is 24.3 Å². The van der Waals surface area contributed by atoms with Crippen molar-refractivity contribution in [1.82, 2.24) is 0 Å². The van der Waals surface area contributed by atoms with Gasteiger partial charge in [-0.15, -0.1) is 0 Å². The van der Waals surface area contributed by atoms with Crippen molar-refractivity contribution in [2.24, 2.45) is 11.3 Å². The quantitative estimate of drug-likeness (QED) is 0.656. The number of methoxy groups -OCH3 is 1. The maximum Gasteiger partial charge on any atom is 0.305 e. The first-order chi connectivity index (χ1) is 12.2. The van der Waals surface area contributed by atoms with Crippen molar-refractivity contribution in [2.75, 3.05) is 13.7 Å². The maximum atomic E-state index is 11.2. The third-order valence-electron chi connectivity index (χ3n) is 6.21. The summed E-state index contributed by atoms with van der Waals surface area (Å²) < 4.78 is 10.8. The Kier molecular flexibility index (Phi) is 6.39. The van der Waals surface area contributed by atoms with E-state index in [1.165, 1.54) is 64.9 Å². The number of rotatable bonds is 6. The number of carbonyl (C=O) groups excluding carboxylic acids is 1. The molecule has 0 aromatic heterocycles. The summed E-state index contributed by atoms with van der Waals surface area (Å²) in [5, 5.41) is 0. The van der Waals surface area contributed by atoms with Crippen LogP contribution in [-0.4, -0.2) is 19.7 Å². The van der Waals surface area contributed by atoms with Crippen molar-refractivity contribution in [1.29, 1.82) is 0 Å². The van der Waals surface area contributed by atoms with Crippen LogP contribution in [0.3, 0.4) is 0 Å². The van der Waals surface area contributed by atoms with Gasteiger partial charge in [-0.1, -0.05) is 37.8 Å². The van der Waals surface area contributed by atoms with E-state index in [-0.39, 0.29) is 5.97 Å². The van der Waals surface area contributed by atoms with Gasteiger partial charge in [0.15, 0.2) is 0 Å². The van der Waals surface area contributed by atoms with Gasteiger partial charge in [-0.05, 0) is 67.6 Å². The molecular formula is C22H32O3. The van der Waals surface area contributed by atoms with Crippen LogP contribution in [-0.2, 0) is 16.0 Å². The fourth-order valence-corrected chi connectivity index (χ4v) is 4.80. The fourth-order valence-electron chi connectivity index (χ4n) is 4.80. The van der Waals surface area contributed by atoms with Crippen LogP contribution in [0.4, 0.5) is 0 Å². The van der Waals surface area contributed by atoms with Gasteiger partial charge in [-0.2, -0.15) is 0 Å². The van der Waals surface area contributed by atoms with Crippen LogP contribution in [0.5, 0.6) is 5.75 Å². The Morgan fingerprint density at radius 3 is 2.52 bits per heavy atom. The van der Waals surface area contributed by atoms with Gasteiger partial charge in [0.2, 0.25) is 0 Å². The Balaban J connectivity index is 1.45. The van der Waals surface area contributed by atoms with Crippen molar-refractivity contribution in [3.05, 3.63) is 29.8 Å². The lowest BCUT2D eigenvalue weighted by molar-refractivity contribution is -0.140. The minimum Gasteiger partial charge on any atom is -0.493 e. The molecule has 3 heteroatoms. The van der Waals surface area contributed by atoms with E-state index in [2.05, 4.69) is 16.9 Å². The number of ether oxygens (including phenoxy) is 2. The SMILES string of the molecule is COC(=O)CCc1ccc(OCC2CCCC3(CCCCC3)C2)cc1. The number of aryl methyl sites for hydroxylation is 1. The Morgan fingerprint density at radius 2 is 1.80 bits per heavy atom. The molecule has 2 aliphatic carbocycles. The van der Waals surface area contributed by atoms with Crippen LogP contribution in [0.15, 0.2) is 24.3 Å². The largest absolute Gasteiger partial charge is 0.493 e. The molecule has 1 atom stereocenters. The van der Waals surface area contributed by atoms with E-state index < -0.39 is 0 Å². The summed E-state index contributed by atoms with van der Waals surface area (Å²) in [5.74, 6) is 1.50. The van der Waals surface area contributed by atoms with Gasteiger partial charge in [-0.25, -0.2) is 0 Å². The van der Waals surface area contributed by atoms with E-state index in [0.29, 0.717) is 17.8 Å². The van der Waals surface area contributed by atoms with Gasteiger partial charge in [0.25, 0.3) is 0 Å². The second kappa shape index (κ2) is 8.73. The third kappa shape index (κ3) is 5.23. The lowest BCUT2D eigenvalue weighted by Gasteiger charge is -2.43. The third-order valence-corrected chi connectivity index (χ3v) is 6.21. The molecule has 2 saturated carbocycles. The van der Waals surface area contributed by atoms with Gasteiger partial charge in [0.05, 0.1) is 13.7 Å². The average Bonchev–Trinajstić information content (AvgIpc) is 2.66. The standard InChI is InChI=1S/C22H32O3/c1-24-21(23)12-9-18-7-10-20(11-8-18)25-17-19-6-5-15-22(16-19)13-3-2-4-14-22/h7-8,10-11,19H,2-6,9,12-17H2,1H3. The molecule has 1 aromatic rings. The first kappa shape index (κ1) is 18.3. The van der Waals surface area contributed by atoms with Gasteiger partial charge in [-0.3, -0.25) is 4.79 Å². The Morgan fingerprint density at radius 1 is 1.08 bits per heavy atom. The zero-order chi connectivity index (χ0) is 17.5. The maximum absolute atomic E-state index is 11.2. The molecule has 1 spiro atoms. The number of carbonyl (C=O) groups is 1. The molecule has 2 fully saturated rings. The smallest absolute Gasteiger partial charge is 0.305 e. The predicted octanol–water partition coefficient (Wildman–Crippen LogP) is 5.31. The summed E-state index contributed by atoms with van der Waals surface area (Å²) in [5.41, 5.74) is 1.79. The van der Waals surface area contributed by atoms with Gasteiger partial charge in [0.1, 0.15) is 5.75 Å². The summed E-state index contributed by atoms with van der Waals surface area (Å²) in [6.07, 6.45) is 13.8. The molecule has 0 bridgehead atoms. The van der Waals surface area contributed by atoms with Crippen LogP contribution >= 0.6 is 0 Å². The molecule has 0 heterocycles. The molecule has 2 aliphatic rings. The number of hydrogen-bond acceptors (Lipinski definition) is 3. The molecular weight excluding hydrogens is 312 g/mol. The number of benzene rings is 1. The average molecular weight is 344 g/mol. The highest BCUT2D eigenvalue weighted by atomic mass is 16.5. The van der Waals surface area contributed by atoms with Gasteiger partial charge < -0.3 is 9.47 Å². The normalized spacial score (nSPS) is 22.5. The van der Waals surface area contributed by atoms with E-state index in [1.807, 2.05) is 12.1 Å². The topological polar surface area (TPSA) is 35.5 Å². The molecule has 3 rings (SSSR count). The Hall–Kier alpha value is -1.51. The van der Waals surface area contributed by atoms with Crippen molar-refractivity contribution < 1.29 is 14.3 Å². The fraction of sp³-hybridized carbons (Fsp3) is 0.682. The van der Waals surface area contributed by atoms with Crippen molar-refractivity contribution >= 4 is 5.97 Å². The molecule has 1 unspecified atom stereocenters. The second-order valence-electron chi connectivity index (χ2n) is 8.05. The summed E-state index contributed by atoms with van der Waals surface area (Å²) in [7, 11) is 1.43. The first-order valence-electron chi connectivity index (χ1n) is 9.98. The molecule has 25 heavy (non-hydrogen) atoms. The number of esters is 1. The van der Waals surface area contributed by atoms with Crippen LogP contribution in [0.1, 0.15) is 69.8 Å². The zero-order valence-corrected chi connectivity index (χ0v) is 15.6. The minimum absolute atomic E-state index is 0.158. The minimum atomic E-state index is -0.158. The molecule has 1 aromatic carbocycles.